The predicted octanol–water partition coefficient (Wildman–Crippen LogP) is 0.0801. The van der Waals surface area contributed by atoms with Gasteiger partial charge in [0.15, 0.2) is 0 Å². The van der Waals surface area contributed by atoms with Crippen LogP contribution >= 0.6 is 0 Å². The molecule has 21 heavy (non-hydrogen) atoms. The fourth-order valence-electron chi connectivity index (χ4n) is 1.73. The first kappa shape index (κ1) is 19.2. The number of nitrogens with one attached hydrogen (secondary N) is 3. The van der Waals surface area contributed by atoms with Crippen molar-refractivity contribution < 1.29 is 24.2 Å². The van der Waals surface area contributed by atoms with Crippen LogP contribution in [0.1, 0.15) is 33.6 Å². The van der Waals surface area contributed by atoms with Crippen molar-refractivity contribution in [2.24, 2.45) is 0 Å². The van der Waals surface area contributed by atoms with E-state index < -0.39 is 23.6 Å². The molecule has 0 spiro atoms. The van der Waals surface area contributed by atoms with Crippen LogP contribution in [0.2, 0.25) is 0 Å². The molecule has 0 heterocycles. The Labute approximate surface area is 124 Å². The minimum absolute atomic E-state index is 0.251. The smallest absolute Gasteiger partial charge is 0.329 e. The summed E-state index contributed by atoms with van der Waals surface area (Å²) in [5.74, 6) is -1.46. The van der Waals surface area contributed by atoms with E-state index in [1.54, 1.807) is 13.8 Å². The van der Waals surface area contributed by atoms with Crippen molar-refractivity contribution >= 4 is 17.9 Å². The lowest BCUT2D eigenvalue weighted by Crippen LogP contribution is -2.59. The highest BCUT2D eigenvalue weighted by Gasteiger charge is 2.36. The van der Waals surface area contributed by atoms with Crippen LogP contribution in [0.5, 0.6) is 0 Å². The molecule has 0 fully saturated rings. The van der Waals surface area contributed by atoms with Crippen molar-refractivity contribution in [3.63, 3.8) is 0 Å². The first-order chi connectivity index (χ1) is 9.82. The van der Waals surface area contributed by atoms with Gasteiger partial charge in [0.25, 0.3) is 0 Å². The molecule has 0 aliphatic carbocycles. The monoisotopic (exact) mass is 303 g/mol. The van der Waals surface area contributed by atoms with Gasteiger partial charge in [0.05, 0.1) is 6.61 Å². The molecule has 0 aromatic carbocycles. The first-order valence-electron chi connectivity index (χ1n) is 6.91. The maximum absolute atomic E-state index is 11.8. The Bertz CT molecular complexity index is 369. The quantitative estimate of drug-likeness (QED) is 0.450. The standard InChI is InChI=1S/C13H25N3O5/c1-5-13(6-2,11(18)19)16-12(20)15-9(3)10(17)14-7-8-21-4/h9H,5-8H2,1-4H3,(H,14,17)(H,18,19)(H2,15,16,20). The van der Waals surface area contributed by atoms with Gasteiger partial charge in [-0.1, -0.05) is 13.8 Å². The molecule has 0 saturated heterocycles. The maximum Gasteiger partial charge on any atom is 0.329 e. The minimum Gasteiger partial charge on any atom is -0.480 e. The van der Waals surface area contributed by atoms with Crippen LogP contribution in [0.4, 0.5) is 4.79 Å². The number of rotatable bonds is 9. The highest BCUT2D eigenvalue weighted by molar-refractivity contribution is 5.90. The molecule has 0 aromatic rings. The summed E-state index contributed by atoms with van der Waals surface area (Å²) >= 11 is 0. The molecular weight excluding hydrogens is 278 g/mol. The highest BCUT2D eigenvalue weighted by atomic mass is 16.5. The second-order valence-corrected chi connectivity index (χ2v) is 4.70. The Hall–Kier alpha value is -1.83. The van der Waals surface area contributed by atoms with Gasteiger partial charge in [-0.05, 0) is 19.8 Å². The summed E-state index contributed by atoms with van der Waals surface area (Å²) in [7, 11) is 1.52. The van der Waals surface area contributed by atoms with Crippen LogP contribution in [0.25, 0.3) is 0 Å². The SMILES string of the molecule is CCC(CC)(NC(=O)NC(C)C(=O)NCCOC)C(=O)O. The normalized spacial score (nSPS) is 12.4. The minimum atomic E-state index is -1.32. The van der Waals surface area contributed by atoms with E-state index in [9.17, 15) is 19.5 Å². The molecule has 0 radical (unpaired) electrons. The van der Waals surface area contributed by atoms with Crippen LogP contribution in [0.3, 0.4) is 0 Å². The Balaban J connectivity index is 4.47. The van der Waals surface area contributed by atoms with Crippen molar-refractivity contribution in [3.8, 4) is 0 Å². The van der Waals surface area contributed by atoms with Gasteiger partial charge in [-0.3, -0.25) is 4.79 Å². The van der Waals surface area contributed by atoms with E-state index in [-0.39, 0.29) is 18.7 Å². The van der Waals surface area contributed by atoms with E-state index in [0.717, 1.165) is 0 Å². The number of carbonyl (C=O) groups excluding carboxylic acids is 2. The van der Waals surface area contributed by atoms with Gasteiger partial charge < -0.3 is 25.8 Å². The third-order valence-corrected chi connectivity index (χ3v) is 3.32. The number of hydrogen-bond donors (Lipinski definition) is 4. The first-order valence-corrected chi connectivity index (χ1v) is 6.91. The molecule has 0 aliphatic rings. The van der Waals surface area contributed by atoms with Crippen molar-refractivity contribution in [2.75, 3.05) is 20.3 Å². The lowest BCUT2D eigenvalue weighted by molar-refractivity contribution is -0.144. The van der Waals surface area contributed by atoms with Gasteiger partial charge in [0.1, 0.15) is 11.6 Å². The number of aliphatic carboxylic acids is 1. The number of methoxy groups -OCH3 is 1. The molecule has 3 amide bonds. The zero-order valence-corrected chi connectivity index (χ0v) is 13.0. The number of carbonyl (C=O) groups is 3. The van der Waals surface area contributed by atoms with Crippen LogP contribution in [-0.4, -0.2) is 54.9 Å². The van der Waals surface area contributed by atoms with E-state index in [4.69, 9.17) is 4.74 Å². The van der Waals surface area contributed by atoms with Crippen molar-refractivity contribution in [2.45, 2.75) is 45.2 Å². The third kappa shape index (κ3) is 5.99. The van der Waals surface area contributed by atoms with Gasteiger partial charge in [-0.15, -0.1) is 0 Å². The van der Waals surface area contributed by atoms with E-state index in [2.05, 4.69) is 16.0 Å². The summed E-state index contributed by atoms with van der Waals surface area (Å²) < 4.78 is 4.79. The molecule has 1 unspecified atom stereocenters. The lowest BCUT2D eigenvalue weighted by Gasteiger charge is -2.28. The Kier molecular flexibility index (Phi) is 8.37. The Morgan fingerprint density at radius 3 is 2.24 bits per heavy atom. The third-order valence-electron chi connectivity index (χ3n) is 3.32. The van der Waals surface area contributed by atoms with Crippen LogP contribution in [-0.2, 0) is 14.3 Å². The number of amides is 3. The second kappa shape index (κ2) is 9.17. The van der Waals surface area contributed by atoms with E-state index >= 15 is 0 Å². The van der Waals surface area contributed by atoms with Crippen molar-refractivity contribution in [1.82, 2.24) is 16.0 Å². The molecule has 0 saturated carbocycles. The Morgan fingerprint density at radius 2 is 1.81 bits per heavy atom. The molecular formula is C13H25N3O5. The van der Waals surface area contributed by atoms with Crippen LogP contribution in [0.15, 0.2) is 0 Å². The summed E-state index contributed by atoms with van der Waals surface area (Å²) in [6, 6.07) is -1.46. The fraction of sp³-hybridized carbons (Fsp3) is 0.769. The average molecular weight is 303 g/mol. The molecule has 0 aliphatic heterocycles. The molecule has 4 N–H and O–H groups in total. The lowest BCUT2D eigenvalue weighted by atomic mass is 9.93. The van der Waals surface area contributed by atoms with Crippen molar-refractivity contribution in [3.05, 3.63) is 0 Å². The topological polar surface area (TPSA) is 117 Å². The predicted molar refractivity (Wildman–Crippen MR) is 77.0 cm³/mol. The highest BCUT2D eigenvalue weighted by Crippen LogP contribution is 2.15. The average Bonchev–Trinajstić information content (AvgIpc) is 2.44. The largest absolute Gasteiger partial charge is 0.480 e. The van der Waals surface area contributed by atoms with Crippen molar-refractivity contribution in [1.29, 1.82) is 0 Å². The number of hydrogen-bond acceptors (Lipinski definition) is 4. The molecule has 0 rings (SSSR count). The zero-order chi connectivity index (χ0) is 16.5. The second-order valence-electron chi connectivity index (χ2n) is 4.70. The van der Waals surface area contributed by atoms with Gasteiger partial charge in [-0.2, -0.15) is 0 Å². The number of urea groups is 1. The van der Waals surface area contributed by atoms with Crippen LogP contribution in [0, 0.1) is 0 Å². The number of ether oxygens (including phenoxy) is 1. The van der Waals surface area contributed by atoms with Gasteiger partial charge >= 0.3 is 12.0 Å². The fourth-order valence-corrected chi connectivity index (χ4v) is 1.73. The molecule has 0 aromatic heterocycles. The summed E-state index contributed by atoms with van der Waals surface area (Å²) in [4.78, 5) is 34.8. The molecule has 0 bridgehead atoms. The molecule has 8 heteroatoms. The zero-order valence-electron chi connectivity index (χ0n) is 13.0. The molecule has 122 valence electrons. The Morgan fingerprint density at radius 1 is 1.24 bits per heavy atom. The maximum atomic E-state index is 11.8. The van der Waals surface area contributed by atoms with Crippen LogP contribution < -0.4 is 16.0 Å². The molecule has 8 nitrogen and oxygen atoms in total. The van der Waals surface area contributed by atoms with Gasteiger partial charge in [0.2, 0.25) is 5.91 Å². The van der Waals surface area contributed by atoms with Gasteiger partial charge in [-0.25, -0.2) is 9.59 Å². The summed E-state index contributed by atoms with van der Waals surface area (Å²) in [6.07, 6.45) is 0.501. The summed E-state index contributed by atoms with van der Waals surface area (Å²) in [6.45, 7) is 5.59. The van der Waals surface area contributed by atoms with Gasteiger partial charge in [0, 0.05) is 13.7 Å². The summed E-state index contributed by atoms with van der Waals surface area (Å²) in [5.41, 5.74) is -1.32. The summed E-state index contributed by atoms with van der Waals surface area (Å²) in [5, 5.41) is 16.7. The van der Waals surface area contributed by atoms with E-state index in [1.807, 2.05) is 0 Å². The number of carboxylic acids is 1. The number of carboxylic acid groups (broad SMARTS) is 1. The molecule has 1 atom stereocenters. The van der Waals surface area contributed by atoms with E-state index in [0.29, 0.717) is 13.2 Å². The van der Waals surface area contributed by atoms with E-state index in [1.165, 1.54) is 14.0 Å².